The summed E-state index contributed by atoms with van der Waals surface area (Å²) in [7, 11) is 0. The maximum atomic E-state index is 12.1. The third-order valence-electron chi connectivity index (χ3n) is 4.84. The zero-order chi connectivity index (χ0) is 19.0. The Balaban J connectivity index is 1.35. The van der Waals surface area contributed by atoms with Crippen LogP contribution in [0.15, 0.2) is 23.0 Å². The summed E-state index contributed by atoms with van der Waals surface area (Å²) in [6.07, 6.45) is 1.09. The Bertz CT molecular complexity index is 941. The van der Waals surface area contributed by atoms with E-state index in [1.807, 2.05) is 23.6 Å². The van der Waals surface area contributed by atoms with Crippen molar-refractivity contribution in [3.05, 3.63) is 39.3 Å². The Morgan fingerprint density at radius 2 is 2.22 bits per heavy atom. The molecular weight excluding hydrogens is 402 g/mol. The van der Waals surface area contributed by atoms with E-state index in [1.165, 1.54) is 23.1 Å². The fourth-order valence-corrected chi connectivity index (χ4v) is 5.36. The second-order valence-electron chi connectivity index (χ2n) is 6.83. The summed E-state index contributed by atoms with van der Waals surface area (Å²) >= 11 is 8.30. The summed E-state index contributed by atoms with van der Waals surface area (Å²) in [4.78, 5) is 26.4. The van der Waals surface area contributed by atoms with Crippen molar-refractivity contribution in [2.45, 2.75) is 25.8 Å². The Hall–Kier alpha value is -1.78. The predicted molar refractivity (Wildman–Crippen MR) is 111 cm³/mol. The van der Waals surface area contributed by atoms with Gasteiger partial charge in [-0.15, -0.1) is 10.2 Å². The maximum absolute atomic E-state index is 12.1. The van der Waals surface area contributed by atoms with Gasteiger partial charge in [0.2, 0.25) is 11.0 Å². The molecule has 0 aromatic carbocycles. The third kappa shape index (κ3) is 4.07. The highest BCUT2D eigenvalue weighted by Crippen LogP contribution is 2.36. The second kappa shape index (κ2) is 7.69. The number of fused-ring (bicyclic) bond motifs is 4. The minimum atomic E-state index is -0.132. The van der Waals surface area contributed by atoms with Gasteiger partial charge in [-0.1, -0.05) is 41.4 Å². The molecule has 2 bridgehead atoms. The number of rotatable bonds is 3. The maximum Gasteiger partial charge on any atom is 0.250 e. The molecule has 0 radical (unpaired) electrons. The van der Waals surface area contributed by atoms with Crippen molar-refractivity contribution in [2.24, 2.45) is 5.92 Å². The van der Waals surface area contributed by atoms with Crippen molar-refractivity contribution in [2.75, 3.05) is 24.2 Å². The molecule has 0 aliphatic carbocycles. The molecule has 1 N–H and O–H groups in total. The van der Waals surface area contributed by atoms with Crippen LogP contribution >= 0.6 is 35.3 Å². The van der Waals surface area contributed by atoms with Crippen LogP contribution in [0, 0.1) is 12.8 Å². The number of hydrogen-bond acceptors (Lipinski definition) is 7. The molecule has 27 heavy (non-hydrogen) atoms. The van der Waals surface area contributed by atoms with Crippen LogP contribution in [0.2, 0.25) is 0 Å². The van der Waals surface area contributed by atoms with Gasteiger partial charge in [0.15, 0.2) is 0 Å². The smallest absolute Gasteiger partial charge is 0.250 e. The first-order valence-electron chi connectivity index (χ1n) is 8.71. The van der Waals surface area contributed by atoms with Gasteiger partial charge in [0.25, 0.3) is 5.56 Å². The average Bonchev–Trinajstić information content (AvgIpc) is 3.05. The van der Waals surface area contributed by atoms with Crippen LogP contribution < -0.4 is 10.9 Å². The molecule has 142 valence electrons. The number of thiocarbonyl (C=S) groups is 1. The van der Waals surface area contributed by atoms with Crippen LogP contribution in [0.25, 0.3) is 0 Å². The SMILES string of the molecule is Cc1nnc(NC(=O)CSC(=S)N2C[C@@H]3C[C@H](C2)c2cccc(=O)n2C3)s1. The lowest BCUT2D eigenvalue weighted by molar-refractivity contribution is -0.113. The number of carbonyl (C=O) groups is 1. The fraction of sp³-hybridized carbons (Fsp3) is 0.471. The molecule has 4 heterocycles. The number of amides is 1. The van der Waals surface area contributed by atoms with Crippen molar-refractivity contribution < 1.29 is 4.79 Å². The topological polar surface area (TPSA) is 80.1 Å². The van der Waals surface area contributed by atoms with E-state index in [9.17, 15) is 9.59 Å². The summed E-state index contributed by atoms with van der Waals surface area (Å²) in [5, 5.41) is 11.9. The van der Waals surface area contributed by atoms with E-state index >= 15 is 0 Å². The van der Waals surface area contributed by atoms with Crippen molar-refractivity contribution in [1.82, 2.24) is 19.7 Å². The summed E-state index contributed by atoms with van der Waals surface area (Å²) < 4.78 is 2.64. The normalized spacial score (nSPS) is 20.9. The zero-order valence-electron chi connectivity index (χ0n) is 14.8. The molecular formula is C17H19N5O2S3. The molecule has 2 aliphatic rings. The Kier molecular flexibility index (Phi) is 5.29. The largest absolute Gasteiger partial charge is 0.356 e. The van der Waals surface area contributed by atoms with Crippen molar-refractivity contribution >= 4 is 50.7 Å². The summed E-state index contributed by atoms with van der Waals surface area (Å²) in [5.74, 6) is 0.836. The van der Waals surface area contributed by atoms with Gasteiger partial charge >= 0.3 is 0 Å². The van der Waals surface area contributed by atoms with E-state index in [2.05, 4.69) is 20.4 Å². The van der Waals surface area contributed by atoms with Crippen molar-refractivity contribution in [3.8, 4) is 0 Å². The quantitative estimate of drug-likeness (QED) is 0.760. The Morgan fingerprint density at radius 1 is 1.37 bits per heavy atom. The van der Waals surface area contributed by atoms with Gasteiger partial charge in [0.05, 0.1) is 5.75 Å². The molecule has 2 atom stereocenters. The number of carbonyl (C=O) groups excluding carboxylic acids is 1. The zero-order valence-corrected chi connectivity index (χ0v) is 17.2. The third-order valence-corrected chi connectivity index (χ3v) is 7.11. The van der Waals surface area contributed by atoms with Gasteiger partial charge in [-0.05, 0) is 25.3 Å². The highest BCUT2D eigenvalue weighted by atomic mass is 32.2. The number of piperidine rings is 1. The lowest BCUT2D eigenvalue weighted by Crippen LogP contribution is -2.48. The van der Waals surface area contributed by atoms with Crippen LogP contribution in [-0.2, 0) is 11.3 Å². The van der Waals surface area contributed by atoms with Crippen LogP contribution in [0.5, 0.6) is 0 Å². The lowest BCUT2D eigenvalue weighted by atomic mass is 9.83. The number of likely N-dealkylation sites (tertiary alicyclic amines) is 1. The number of pyridine rings is 1. The number of aromatic nitrogens is 3. The molecule has 1 saturated heterocycles. The molecule has 2 aliphatic heterocycles. The van der Waals surface area contributed by atoms with Crippen LogP contribution in [-0.4, -0.2) is 48.7 Å². The number of aryl methyl sites for hydroxylation is 1. The number of anilines is 1. The molecule has 4 rings (SSSR count). The van der Waals surface area contributed by atoms with Gasteiger partial charge in [-0.3, -0.25) is 14.9 Å². The highest BCUT2D eigenvalue weighted by molar-refractivity contribution is 8.23. The number of hydrogen-bond donors (Lipinski definition) is 1. The van der Waals surface area contributed by atoms with E-state index in [0.29, 0.717) is 17.0 Å². The van der Waals surface area contributed by atoms with Crippen molar-refractivity contribution in [3.63, 3.8) is 0 Å². The van der Waals surface area contributed by atoms with E-state index in [-0.39, 0.29) is 17.2 Å². The van der Waals surface area contributed by atoms with Gasteiger partial charge in [-0.25, -0.2) is 0 Å². The van der Waals surface area contributed by atoms with Crippen molar-refractivity contribution in [1.29, 1.82) is 0 Å². The molecule has 10 heteroatoms. The van der Waals surface area contributed by atoms with Crippen LogP contribution in [0.3, 0.4) is 0 Å². The molecule has 2 aromatic heterocycles. The number of nitrogens with zero attached hydrogens (tertiary/aromatic N) is 4. The minimum Gasteiger partial charge on any atom is -0.356 e. The lowest BCUT2D eigenvalue weighted by Gasteiger charge is -2.43. The predicted octanol–water partition coefficient (Wildman–Crippen LogP) is 2.08. The van der Waals surface area contributed by atoms with Gasteiger partial charge in [0, 0.05) is 37.3 Å². The Labute approximate surface area is 170 Å². The average molecular weight is 422 g/mol. The van der Waals surface area contributed by atoms with Gasteiger partial charge < -0.3 is 9.47 Å². The van der Waals surface area contributed by atoms with E-state index < -0.39 is 0 Å². The second-order valence-corrected chi connectivity index (χ2v) is 9.62. The van der Waals surface area contributed by atoms with E-state index in [1.54, 1.807) is 6.07 Å². The molecule has 0 spiro atoms. The fourth-order valence-electron chi connectivity index (χ4n) is 3.77. The molecule has 7 nitrogen and oxygen atoms in total. The summed E-state index contributed by atoms with van der Waals surface area (Å²) in [6, 6.07) is 5.50. The Morgan fingerprint density at radius 3 is 3.00 bits per heavy atom. The minimum absolute atomic E-state index is 0.0798. The molecule has 0 unspecified atom stereocenters. The highest BCUT2D eigenvalue weighted by Gasteiger charge is 2.35. The van der Waals surface area contributed by atoms with E-state index in [0.717, 1.165) is 41.1 Å². The summed E-state index contributed by atoms with van der Waals surface area (Å²) in [5.41, 5.74) is 1.18. The molecule has 0 saturated carbocycles. The first-order valence-corrected chi connectivity index (χ1v) is 10.9. The van der Waals surface area contributed by atoms with E-state index in [4.69, 9.17) is 12.2 Å². The summed E-state index contributed by atoms with van der Waals surface area (Å²) in [6.45, 7) is 4.21. The van der Waals surface area contributed by atoms with Crippen LogP contribution in [0.1, 0.15) is 23.0 Å². The number of thioether (sulfide) groups is 1. The molecule has 1 amide bonds. The van der Waals surface area contributed by atoms with Crippen LogP contribution in [0.4, 0.5) is 5.13 Å². The first kappa shape index (κ1) is 18.6. The number of nitrogens with one attached hydrogen (secondary N) is 1. The van der Waals surface area contributed by atoms with Gasteiger partial charge in [0.1, 0.15) is 9.33 Å². The standard InChI is InChI=1S/C17H19N5O2S3/c1-10-19-20-16(27-10)18-14(23)9-26-17(25)21-6-11-5-12(8-21)13-3-2-4-15(24)22(13)7-11/h2-4,11-12H,5-9H2,1H3,(H,18,20,23)/t11-,12+/m0/s1. The van der Waals surface area contributed by atoms with Gasteiger partial charge in [-0.2, -0.15) is 0 Å². The monoisotopic (exact) mass is 421 g/mol. The molecule has 1 fully saturated rings. The first-order chi connectivity index (χ1) is 13.0. The molecule has 2 aromatic rings.